The zero-order chi connectivity index (χ0) is 19.9. The minimum absolute atomic E-state index is 0.0972. The van der Waals surface area contributed by atoms with Gasteiger partial charge in [-0.1, -0.05) is 0 Å². The van der Waals surface area contributed by atoms with Gasteiger partial charge in [-0.25, -0.2) is 14.4 Å². The number of benzene rings is 1. The van der Waals surface area contributed by atoms with E-state index >= 15 is 0 Å². The van der Waals surface area contributed by atoms with Crippen molar-refractivity contribution in [2.24, 2.45) is 0 Å². The summed E-state index contributed by atoms with van der Waals surface area (Å²) in [5, 5.41) is 0.126. The summed E-state index contributed by atoms with van der Waals surface area (Å²) in [6.07, 6.45) is -3.20. The Balaban J connectivity index is 2.22. The molecule has 142 valence electrons. The predicted octanol–water partition coefficient (Wildman–Crippen LogP) is 3.21. The second-order valence-electron chi connectivity index (χ2n) is 5.85. The fourth-order valence-corrected chi connectivity index (χ4v) is 3.81. The van der Waals surface area contributed by atoms with Gasteiger partial charge in [0, 0.05) is 17.8 Å². The Bertz CT molecular complexity index is 1080. The number of halogens is 4. The molecule has 0 bridgehead atoms. The van der Waals surface area contributed by atoms with E-state index in [4.69, 9.17) is 0 Å². The molecule has 10 heteroatoms. The summed E-state index contributed by atoms with van der Waals surface area (Å²) in [5.74, 6) is -2.30. The third-order valence-corrected chi connectivity index (χ3v) is 5.36. The zero-order valence-corrected chi connectivity index (χ0v) is 15.0. The number of aryl methyl sites for hydroxylation is 2. The van der Waals surface area contributed by atoms with Crippen molar-refractivity contribution in [2.75, 3.05) is 5.75 Å². The highest BCUT2D eigenvalue weighted by Gasteiger charge is 2.36. The molecule has 0 spiro atoms. The average Bonchev–Trinajstić information content (AvgIpc) is 2.55. The van der Waals surface area contributed by atoms with Gasteiger partial charge in [0.05, 0.1) is 11.1 Å². The molecule has 0 saturated carbocycles. The van der Waals surface area contributed by atoms with Crippen molar-refractivity contribution in [3.63, 3.8) is 0 Å². The van der Waals surface area contributed by atoms with E-state index in [-0.39, 0.29) is 33.0 Å². The number of nitrogens with zero attached hydrogens (tertiary/aromatic N) is 3. The lowest BCUT2D eigenvalue weighted by Crippen LogP contribution is -2.26. The van der Waals surface area contributed by atoms with Crippen LogP contribution in [0, 0.1) is 19.7 Å². The molecule has 0 aliphatic heterocycles. The fourth-order valence-electron chi connectivity index (χ4n) is 2.69. The molecule has 27 heavy (non-hydrogen) atoms. The molecule has 0 N–H and O–H groups in total. The lowest BCUT2D eigenvalue weighted by molar-refractivity contribution is -0.106. The Morgan fingerprint density at radius 1 is 1.26 bits per heavy atom. The summed E-state index contributed by atoms with van der Waals surface area (Å²) in [4.78, 5) is 20.7. The first-order chi connectivity index (χ1) is 12.6. The van der Waals surface area contributed by atoms with Gasteiger partial charge in [-0.3, -0.25) is 9.36 Å². The number of aromatic nitrogens is 3. The van der Waals surface area contributed by atoms with E-state index in [1.807, 2.05) is 0 Å². The quantitative estimate of drug-likeness (QED) is 0.501. The number of hydrogen-bond donors (Lipinski definition) is 0. The van der Waals surface area contributed by atoms with Gasteiger partial charge in [-0.15, -0.1) is 0 Å². The number of pyridine rings is 1. The van der Waals surface area contributed by atoms with Crippen molar-refractivity contribution in [2.45, 2.75) is 24.9 Å². The van der Waals surface area contributed by atoms with E-state index in [1.54, 1.807) is 0 Å². The summed E-state index contributed by atoms with van der Waals surface area (Å²) in [6.45, 7) is 2.80. The summed E-state index contributed by atoms with van der Waals surface area (Å²) >= 11 is -2.44. The molecule has 3 rings (SSSR count). The van der Waals surface area contributed by atoms with E-state index in [2.05, 4.69) is 9.97 Å². The Kier molecular flexibility index (Phi) is 4.96. The molecular weight excluding hydrogens is 386 g/mol. The van der Waals surface area contributed by atoms with Gasteiger partial charge < -0.3 is 4.55 Å². The van der Waals surface area contributed by atoms with Crippen LogP contribution in [0.15, 0.2) is 40.2 Å². The van der Waals surface area contributed by atoms with Crippen molar-refractivity contribution in [1.29, 1.82) is 0 Å². The second-order valence-corrected chi connectivity index (χ2v) is 7.27. The molecule has 0 aliphatic rings. The molecule has 0 fully saturated rings. The standard InChI is InChI=1S/C17H13F4N3O2S/c1-9-6-12(18)13(7-14(9)27(26)8-17(19,20)21)24-10(2)23-15-11(16(24)25)4-3-5-22-15/h3-7H,8H2,1-2H3. The molecule has 0 radical (unpaired) electrons. The molecule has 0 saturated heterocycles. The third kappa shape index (κ3) is 3.81. The minimum atomic E-state index is -4.64. The van der Waals surface area contributed by atoms with Gasteiger partial charge in [0.2, 0.25) is 5.75 Å². The molecule has 2 aromatic heterocycles. The normalized spacial score (nSPS) is 13.1. The lowest BCUT2D eigenvalue weighted by Gasteiger charge is -2.17. The SMILES string of the molecule is Cc1cc(F)c(-n2c(C)nc3ncccc3c2=O)cc1[S+]([O-])CC(F)(F)F. The van der Waals surface area contributed by atoms with E-state index in [0.29, 0.717) is 0 Å². The van der Waals surface area contributed by atoms with Gasteiger partial charge in [-0.05, 0) is 43.2 Å². The molecule has 3 aromatic rings. The van der Waals surface area contributed by atoms with E-state index in [9.17, 15) is 26.9 Å². The van der Waals surface area contributed by atoms with Crippen LogP contribution in [0.1, 0.15) is 11.4 Å². The number of hydrogen-bond acceptors (Lipinski definition) is 4. The molecule has 0 amide bonds. The zero-order valence-electron chi connectivity index (χ0n) is 14.2. The summed E-state index contributed by atoms with van der Waals surface area (Å²) in [5.41, 5.74) is -0.669. The average molecular weight is 399 g/mol. The van der Waals surface area contributed by atoms with Crippen molar-refractivity contribution in [1.82, 2.24) is 14.5 Å². The molecule has 1 unspecified atom stereocenters. The van der Waals surface area contributed by atoms with Crippen molar-refractivity contribution in [3.8, 4) is 5.69 Å². The van der Waals surface area contributed by atoms with Crippen LogP contribution >= 0.6 is 0 Å². The van der Waals surface area contributed by atoms with Crippen molar-refractivity contribution >= 4 is 22.2 Å². The highest BCUT2D eigenvalue weighted by molar-refractivity contribution is 7.91. The second kappa shape index (κ2) is 6.93. The summed E-state index contributed by atoms with van der Waals surface area (Å²) in [6, 6.07) is 4.94. The predicted molar refractivity (Wildman–Crippen MR) is 91.9 cm³/mol. The number of rotatable bonds is 3. The van der Waals surface area contributed by atoms with Crippen LogP contribution in [0.3, 0.4) is 0 Å². The van der Waals surface area contributed by atoms with E-state index < -0.39 is 34.5 Å². The molecule has 1 atom stereocenters. The van der Waals surface area contributed by atoms with E-state index in [0.717, 1.165) is 16.7 Å². The summed E-state index contributed by atoms with van der Waals surface area (Å²) in [7, 11) is 0. The van der Waals surface area contributed by atoms with Crippen LogP contribution in [-0.2, 0) is 11.2 Å². The Morgan fingerprint density at radius 2 is 1.96 bits per heavy atom. The van der Waals surface area contributed by atoms with Gasteiger partial charge in [0.1, 0.15) is 11.6 Å². The fraction of sp³-hybridized carbons (Fsp3) is 0.235. The molecule has 2 heterocycles. The van der Waals surface area contributed by atoms with Crippen molar-refractivity contribution in [3.05, 3.63) is 58.0 Å². The van der Waals surface area contributed by atoms with Crippen LogP contribution < -0.4 is 5.56 Å². The minimum Gasteiger partial charge on any atom is -0.611 e. The van der Waals surface area contributed by atoms with Crippen LogP contribution in [0.2, 0.25) is 0 Å². The largest absolute Gasteiger partial charge is 0.611 e. The maximum atomic E-state index is 14.6. The topological polar surface area (TPSA) is 70.8 Å². The Hall–Kier alpha value is -2.46. The maximum absolute atomic E-state index is 14.6. The van der Waals surface area contributed by atoms with Crippen LogP contribution in [0.25, 0.3) is 16.7 Å². The number of fused-ring (bicyclic) bond motifs is 1. The smallest absolute Gasteiger partial charge is 0.433 e. The molecule has 0 aliphatic carbocycles. The first-order valence-corrected chi connectivity index (χ1v) is 9.00. The first-order valence-electron chi connectivity index (χ1n) is 7.68. The highest BCUT2D eigenvalue weighted by Crippen LogP contribution is 2.28. The number of alkyl halides is 3. The summed E-state index contributed by atoms with van der Waals surface area (Å²) < 4.78 is 65.4. The molecule has 1 aromatic carbocycles. The van der Waals surface area contributed by atoms with Gasteiger partial charge >= 0.3 is 6.18 Å². The van der Waals surface area contributed by atoms with Gasteiger partial charge in [0.15, 0.2) is 10.5 Å². The lowest BCUT2D eigenvalue weighted by atomic mass is 10.2. The van der Waals surface area contributed by atoms with Crippen LogP contribution in [0.5, 0.6) is 0 Å². The maximum Gasteiger partial charge on any atom is 0.433 e. The molecular formula is C17H13F4N3O2S. The third-order valence-electron chi connectivity index (χ3n) is 3.84. The van der Waals surface area contributed by atoms with Gasteiger partial charge in [-0.2, -0.15) is 13.2 Å². The van der Waals surface area contributed by atoms with Crippen molar-refractivity contribution < 1.29 is 22.1 Å². The van der Waals surface area contributed by atoms with Crippen LogP contribution in [-0.4, -0.2) is 31.0 Å². The van der Waals surface area contributed by atoms with Crippen LogP contribution in [0.4, 0.5) is 17.6 Å². The molecule has 5 nitrogen and oxygen atoms in total. The highest BCUT2D eigenvalue weighted by atomic mass is 32.2. The first kappa shape index (κ1) is 19.3. The monoisotopic (exact) mass is 399 g/mol. The van der Waals surface area contributed by atoms with E-state index in [1.165, 1.54) is 32.2 Å². The van der Waals surface area contributed by atoms with Gasteiger partial charge in [0.25, 0.3) is 5.56 Å². The Morgan fingerprint density at radius 3 is 2.63 bits per heavy atom. The Labute approximate surface area is 153 Å².